The molecule has 3 rings (SSSR count). The lowest BCUT2D eigenvalue weighted by Crippen LogP contribution is -2.22. The zero-order valence-corrected chi connectivity index (χ0v) is 15.3. The number of nitrogens with one attached hydrogen (secondary N) is 1. The van der Waals surface area contributed by atoms with Crippen molar-refractivity contribution < 1.29 is 18.3 Å². The van der Waals surface area contributed by atoms with Crippen molar-refractivity contribution in [2.75, 3.05) is 7.11 Å². The number of ether oxygens (including phenoxy) is 1. The van der Waals surface area contributed by atoms with Crippen LogP contribution in [0.2, 0.25) is 0 Å². The highest BCUT2D eigenvalue weighted by atomic mass is 19.1. The van der Waals surface area contributed by atoms with Crippen LogP contribution in [0.15, 0.2) is 42.6 Å². The minimum Gasteiger partial charge on any atom is -0.453 e. The second-order valence-electron chi connectivity index (χ2n) is 6.06. The number of alkyl carbamates (subject to hydrolysis) is 1. The molecule has 0 radical (unpaired) electrons. The molecule has 5 nitrogen and oxygen atoms in total. The van der Waals surface area contributed by atoms with Crippen molar-refractivity contribution in [3.63, 3.8) is 0 Å². The summed E-state index contributed by atoms with van der Waals surface area (Å²) in [6.07, 6.45) is 6.13. The Morgan fingerprint density at radius 2 is 1.96 bits per heavy atom. The van der Waals surface area contributed by atoms with E-state index in [9.17, 15) is 13.6 Å². The monoisotopic (exact) mass is 381 g/mol. The van der Waals surface area contributed by atoms with Gasteiger partial charge in [0.05, 0.1) is 12.8 Å². The van der Waals surface area contributed by atoms with Crippen molar-refractivity contribution >= 4 is 6.09 Å². The fraction of sp³-hybridized carbons (Fsp3) is 0.143. The predicted molar refractivity (Wildman–Crippen MR) is 101 cm³/mol. The second kappa shape index (κ2) is 7.92. The highest BCUT2D eigenvalue weighted by Crippen LogP contribution is 2.24. The SMILES string of the molecule is C#Cc1cc(F)c(-n2ccc(-c3ccc(C)c(CNC(=O)OC)c3)n2)c(F)c1. The first kappa shape index (κ1) is 19.1. The molecule has 2 aromatic carbocycles. The van der Waals surface area contributed by atoms with Crippen molar-refractivity contribution in [3.05, 3.63) is 70.9 Å². The Morgan fingerprint density at radius 3 is 2.61 bits per heavy atom. The van der Waals surface area contributed by atoms with Crippen LogP contribution in [0.5, 0.6) is 0 Å². The largest absolute Gasteiger partial charge is 0.453 e. The first-order chi connectivity index (χ1) is 13.4. The maximum atomic E-state index is 14.3. The van der Waals surface area contributed by atoms with E-state index in [1.807, 2.05) is 25.1 Å². The van der Waals surface area contributed by atoms with Gasteiger partial charge in [0.2, 0.25) is 0 Å². The van der Waals surface area contributed by atoms with E-state index in [1.165, 1.54) is 13.3 Å². The molecule has 0 aliphatic rings. The number of benzene rings is 2. The third kappa shape index (κ3) is 3.86. The van der Waals surface area contributed by atoms with Crippen LogP contribution in [0.1, 0.15) is 16.7 Å². The molecule has 28 heavy (non-hydrogen) atoms. The van der Waals surface area contributed by atoms with Gasteiger partial charge in [0.25, 0.3) is 0 Å². The number of carbonyl (C=O) groups excluding carboxylic acids is 1. The lowest BCUT2D eigenvalue weighted by atomic mass is 10.0. The third-order valence-electron chi connectivity index (χ3n) is 4.26. The zero-order chi connectivity index (χ0) is 20.3. The van der Waals surface area contributed by atoms with Gasteiger partial charge in [-0.2, -0.15) is 5.10 Å². The van der Waals surface area contributed by atoms with E-state index in [2.05, 4.69) is 21.1 Å². The molecule has 1 heterocycles. The highest BCUT2D eigenvalue weighted by molar-refractivity contribution is 5.67. The summed E-state index contributed by atoms with van der Waals surface area (Å²) >= 11 is 0. The van der Waals surface area contributed by atoms with Gasteiger partial charge in [0.15, 0.2) is 11.6 Å². The summed E-state index contributed by atoms with van der Waals surface area (Å²) < 4.78 is 34.2. The molecule has 0 aliphatic heterocycles. The van der Waals surface area contributed by atoms with Gasteiger partial charge in [-0.15, -0.1) is 6.42 Å². The molecule has 0 aliphatic carbocycles. The molecule has 0 spiro atoms. The van der Waals surface area contributed by atoms with Crippen LogP contribution in [0.3, 0.4) is 0 Å². The molecule has 0 unspecified atom stereocenters. The standard InChI is InChI=1S/C21H17F2N3O2/c1-4-14-9-17(22)20(18(23)10-14)26-8-7-19(25-26)15-6-5-13(2)16(11-15)12-24-21(27)28-3/h1,5-11H,12H2,2-3H3,(H,24,27). The maximum absolute atomic E-state index is 14.3. The quantitative estimate of drug-likeness (QED) is 0.696. The molecule has 142 valence electrons. The number of methoxy groups -OCH3 is 1. The summed E-state index contributed by atoms with van der Waals surface area (Å²) in [7, 11) is 1.29. The van der Waals surface area contributed by atoms with E-state index in [4.69, 9.17) is 6.42 Å². The molecule has 3 aromatic rings. The number of carbonyl (C=O) groups is 1. The van der Waals surface area contributed by atoms with Gasteiger partial charge >= 0.3 is 6.09 Å². The van der Waals surface area contributed by atoms with Gasteiger partial charge in [0.1, 0.15) is 5.69 Å². The summed E-state index contributed by atoms with van der Waals surface area (Å²) in [6.45, 7) is 2.19. The number of terminal acetylenes is 1. The minimum atomic E-state index is -0.797. The minimum absolute atomic E-state index is 0.118. The third-order valence-corrected chi connectivity index (χ3v) is 4.26. The number of halogens is 2. The van der Waals surface area contributed by atoms with Crippen molar-refractivity contribution in [3.8, 4) is 29.3 Å². The van der Waals surface area contributed by atoms with E-state index < -0.39 is 17.7 Å². The Balaban J connectivity index is 1.93. The van der Waals surface area contributed by atoms with Gasteiger partial charge in [-0.05, 0) is 42.3 Å². The number of amides is 1. The predicted octanol–water partition coefficient (Wildman–Crippen LogP) is 3.96. The number of aromatic nitrogens is 2. The van der Waals surface area contributed by atoms with Gasteiger partial charge in [-0.3, -0.25) is 0 Å². The maximum Gasteiger partial charge on any atom is 0.407 e. The molecular weight excluding hydrogens is 364 g/mol. The van der Waals surface area contributed by atoms with E-state index in [0.717, 1.165) is 33.5 Å². The highest BCUT2D eigenvalue weighted by Gasteiger charge is 2.15. The van der Waals surface area contributed by atoms with Crippen LogP contribution in [0.25, 0.3) is 16.9 Å². The van der Waals surface area contributed by atoms with Gasteiger partial charge < -0.3 is 10.1 Å². The van der Waals surface area contributed by atoms with Gasteiger partial charge in [-0.25, -0.2) is 18.3 Å². The lowest BCUT2D eigenvalue weighted by Gasteiger charge is -2.09. The van der Waals surface area contributed by atoms with E-state index in [-0.39, 0.29) is 17.8 Å². The summed E-state index contributed by atoms with van der Waals surface area (Å²) in [5.74, 6) is 0.612. The van der Waals surface area contributed by atoms with Crippen LogP contribution in [-0.2, 0) is 11.3 Å². The summed E-state index contributed by atoms with van der Waals surface area (Å²) in [5.41, 5.74) is 2.93. The Hall–Kier alpha value is -3.66. The first-order valence-electron chi connectivity index (χ1n) is 8.36. The van der Waals surface area contributed by atoms with Crippen LogP contribution in [0.4, 0.5) is 13.6 Å². The summed E-state index contributed by atoms with van der Waals surface area (Å²) in [6, 6.07) is 9.40. The number of hydrogen-bond donors (Lipinski definition) is 1. The molecule has 1 N–H and O–H groups in total. The van der Waals surface area contributed by atoms with Crippen LogP contribution >= 0.6 is 0 Å². The normalized spacial score (nSPS) is 10.4. The number of nitrogens with zero attached hydrogens (tertiary/aromatic N) is 2. The molecule has 1 aromatic heterocycles. The molecule has 0 saturated heterocycles. The fourth-order valence-corrected chi connectivity index (χ4v) is 2.73. The van der Waals surface area contributed by atoms with E-state index in [1.54, 1.807) is 6.07 Å². The second-order valence-corrected chi connectivity index (χ2v) is 6.06. The van der Waals surface area contributed by atoms with Crippen LogP contribution < -0.4 is 5.32 Å². The van der Waals surface area contributed by atoms with Crippen molar-refractivity contribution in [1.29, 1.82) is 0 Å². The number of hydrogen-bond acceptors (Lipinski definition) is 3. The molecule has 1 amide bonds. The van der Waals surface area contributed by atoms with Crippen LogP contribution in [-0.4, -0.2) is 23.0 Å². The topological polar surface area (TPSA) is 56.2 Å². The Bertz CT molecular complexity index is 1060. The number of rotatable bonds is 4. The average Bonchev–Trinajstić information content (AvgIpc) is 3.16. The smallest absolute Gasteiger partial charge is 0.407 e. The van der Waals surface area contributed by atoms with Gasteiger partial charge in [0, 0.05) is 23.9 Å². The molecular formula is C21H17F2N3O2. The summed E-state index contributed by atoms with van der Waals surface area (Å²) in [4.78, 5) is 11.3. The van der Waals surface area contributed by atoms with Crippen molar-refractivity contribution in [2.24, 2.45) is 0 Å². The molecule has 7 heteroatoms. The molecule has 0 bridgehead atoms. The summed E-state index contributed by atoms with van der Waals surface area (Å²) in [5, 5.41) is 6.91. The molecule has 0 saturated carbocycles. The zero-order valence-electron chi connectivity index (χ0n) is 15.3. The van der Waals surface area contributed by atoms with Gasteiger partial charge in [-0.1, -0.05) is 18.1 Å². The Labute approximate surface area is 160 Å². The van der Waals surface area contributed by atoms with Crippen molar-refractivity contribution in [1.82, 2.24) is 15.1 Å². The van der Waals surface area contributed by atoms with Crippen LogP contribution in [0, 0.1) is 30.9 Å². The fourth-order valence-electron chi connectivity index (χ4n) is 2.73. The first-order valence-corrected chi connectivity index (χ1v) is 8.36. The molecule has 0 atom stereocenters. The number of aryl methyl sites for hydroxylation is 1. The Morgan fingerprint density at radius 1 is 1.25 bits per heavy atom. The Kier molecular flexibility index (Phi) is 5.41. The lowest BCUT2D eigenvalue weighted by molar-refractivity contribution is 0.170. The average molecular weight is 381 g/mol. The molecule has 0 fully saturated rings. The van der Waals surface area contributed by atoms with Crippen molar-refractivity contribution in [2.45, 2.75) is 13.5 Å². The van der Waals surface area contributed by atoms with E-state index >= 15 is 0 Å². The van der Waals surface area contributed by atoms with E-state index in [0.29, 0.717) is 5.69 Å².